The van der Waals surface area contributed by atoms with Crippen LogP contribution in [0.5, 0.6) is 0 Å². The Morgan fingerprint density at radius 3 is 2.83 bits per heavy atom. The smallest absolute Gasteiger partial charge is 0.293 e. The summed E-state index contributed by atoms with van der Waals surface area (Å²) >= 11 is 20.2. The van der Waals surface area contributed by atoms with Crippen LogP contribution in [0.2, 0.25) is 15.2 Å². The molecule has 122 valence electrons. The summed E-state index contributed by atoms with van der Waals surface area (Å²) in [6.07, 6.45) is 4.33. The van der Waals surface area contributed by atoms with Crippen molar-refractivity contribution in [3.05, 3.63) is 49.4 Å². The summed E-state index contributed by atoms with van der Waals surface area (Å²) in [6, 6.07) is 3.55. The van der Waals surface area contributed by atoms with Gasteiger partial charge in [0.15, 0.2) is 0 Å². The molecule has 1 aromatic heterocycles. The second kappa shape index (κ2) is 6.93. The quantitative estimate of drug-likeness (QED) is 0.782. The molecule has 23 heavy (non-hydrogen) atoms. The Hall–Kier alpha value is -0.880. The summed E-state index contributed by atoms with van der Waals surface area (Å²) in [5, 5.41) is 1.40. The molecule has 0 saturated heterocycles. The zero-order valence-electron chi connectivity index (χ0n) is 12.4. The van der Waals surface area contributed by atoms with Gasteiger partial charge in [-0.15, -0.1) is 0 Å². The fourth-order valence-electron chi connectivity index (χ4n) is 2.69. The van der Waals surface area contributed by atoms with Gasteiger partial charge >= 0.3 is 0 Å². The van der Waals surface area contributed by atoms with Crippen molar-refractivity contribution in [3.8, 4) is 0 Å². The van der Waals surface area contributed by atoms with Crippen molar-refractivity contribution in [2.75, 3.05) is 23.5 Å². The highest BCUT2D eigenvalue weighted by atomic mass is 35.5. The van der Waals surface area contributed by atoms with E-state index < -0.39 is 0 Å². The number of anilines is 2. The van der Waals surface area contributed by atoms with E-state index in [1.54, 1.807) is 28.6 Å². The molecule has 0 radical (unpaired) electrons. The van der Waals surface area contributed by atoms with Gasteiger partial charge in [-0.3, -0.25) is 4.79 Å². The topological polar surface area (TPSA) is 38.1 Å². The van der Waals surface area contributed by atoms with Gasteiger partial charge in [-0.05, 0) is 30.4 Å². The minimum absolute atomic E-state index is 0.165. The van der Waals surface area contributed by atoms with Crippen LogP contribution in [-0.4, -0.2) is 28.1 Å². The third-order valence-corrected chi connectivity index (χ3v) is 4.98. The van der Waals surface area contributed by atoms with Crippen molar-refractivity contribution in [2.24, 2.45) is 0 Å². The first-order valence-corrected chi connectivity index (χ1v) is 9.55. The monoisotopic (exact) mass is 389 g/mol. The molecule has 4 nitrogen and oxygen atoms in total. The Morgan fingerprint density at radius 1 is 1.30 bits per heavy atom. The van der Waals surface area contributed by atoms with Crippen LogP contribution in [0, 0.1) is 0 Å². The van der Waals surface area contributed by atoms with E-state index in [0.717, 1.165) is 23.4 Å². The summed E-state index contributed by atoms with van der Waals surface area (Å²) in [7, 11) is 0. The van der Waals surface area contributed by atoms with E-state index in [0.29, 0.717) is 34.1 Å². The third-order valence-electron chi connectivity index (χ3n) is 3.70. The predicted molar refractivity (Wildman–Crippen MR) is 99.1 cm³/mol. The molecule has 2 aromatic rings. The van der Waals surface area contributed by atoms with Gasteiger partial charge in [-0.1, -0.05) is 34.8 Å². The third kappa shape index (κ3) is 3.33. The molecule has 1 aliphatic rings. The fraction of sp³-hybridized carbons (Fsp3) is 0.333. The van der Waals surface area contributed by atoms with E-state index in [9.17, 15) is 4.79 Å². The number of benzene rings is 1. The summed E-state index contributed by atoms with van der Waals surface area (Å²) in [5.74, 6) is 1.13. The lowest BCUT2D eigenvalue weighted by atomic mass is 10.2. The molecular formula is C15H14Cl3N3OS. The molecule has 3 rings (SSSR count). The van der Waals surface area contributed by atoms with Crippen LogP contribution in [0.4, 0.5) is 11.5 Å². The number of hydrogen-bond acceptors (Lipinski definition) is 4. The number of rotatable bonds is 4. The molecule has 0 atom stereocenters. The van der Waals surface area contributed by atoms with Gasteiger partial charge in [0.25, 0.3) is 5.56 Å². The molecule has 0 saturated carbocycles. The molecule has 1 aromatic carbocycles. The number of hydrogen-bond donors (Lipinski definition) is 0. The number of halogens is 3. The van der Waals surface area contributed by atoms with Crippen LogP contribution in [0.15, 0.2) is 23.1 Å². The van der Waals surface area contributed by atoms with E-state index in [2.05, 4.69) is 4.98 Å². The molecule has 0 spiro atoms. The molecule has 0 N–H and O–H groups in total. The van der Waals surface area contributed by atoms with E-state index in [-0.39, 0.29) is 5.56 Å². The van der Waals surface area contributed by atoms with E-state index in [1.165, 1.54) is 0 Å². The molecular weight excluding hydrogens is 377 g/mol. The lowest BCUT2D eigenvalue weighted by molar-refractivity contribution is 0.721. The fourth-order valence-corrected chi connectivity index (χ4v) is 3.91. The zero-order valence-corrected chi connectivity index (χ0v) is 15.4. The van der Waals surface area contributed by atoms with Gasteiger partial charge in [0, 0.05) is 30.1 Å². The predicted octanol–water partition coefficient (Wildman–Crippen LogP) is 4.26. The minimum Gasteiger partial charge on any atom is -0.320 e. The Balaban J connectivity index is 2.08. The van der Waals surface area contributed by atoms with E-state index in [4.69, 9.17) is 34.8 Å². The van der Waals surface area contributed by atoms with Crippen molar-refractivity contribution >= 4 is 58.1 Å². The highest BCUT2D eigenvalue weighted by Gasteiger charge is 2.27. The van der Waals surface area contributed by atoms with Crippen LogP contribution in [-0.2, 0) is 13.0 Å². The standard InChI is InChI=1S/C15H14Cl3N3OS/c1-23-5-4-20-8-12(18)19-14(15(20)22)21-3-2-9-6-10(16)7-11(17)13(9)21/h6-8H,2-5H2,1H3. The number of nitrogens with zero attached hydrogens (tertiary/aromatic N) is 3. The van der Waals surface area contributed by atoms with Gasteiger partial charge < -0.3 is 9.47 Å². The molecule has 2 heterocycles. The van der Waals surface area contributed by atoms with E-state index in [1.807, 2.05) is 17.2 Å². The Labute approximate surface area is 153 Å². The molecule has 0 amide bonds. The highest BCUT2D eigenvalue weighted by Crippen LogP contribution is 2.40. The first kappa shape index (κ1) is 17.0. The first-order valence-electron chi connectivity index (χ1n) is 7.02. The molecule has 0 fully saturated rings. The van der Waals surface area contributed by atoms with E-state index >= 15 is 0 Å². The average molecular weight is 391 g/mol. The van der Waals surface area contributed by atoms with Crippen LogP contribution < -0.4 is 10.5 Å². The molecule has 1 aliphatic heterocycles. The SMILES string of the molecule is CSCCn1cc(Cl)nc(N2CCc3cc(Cl)cc(Cl)c32)c1=O. The summed E-state index contributed by atoms with van der Waals surface area (Å²) < 4.78 is 1.60. The first-order chi connectivity index (χ1) is 11.0. The zero-order chi connectivity index (χ0) is 16.6. The molecule has 8 heteroatoms. The molecule has 0 aliphatic carbocycles. The van der Waals surface area contributed by atoms with Gasteiger partial charge in [-0.2, -0.15) is 11.8 Å². The van der Waals surface area contributed by atoms with Gasteiger partial charge in [0.05, 0.1) is 10.7 Å². The Bertz CT molecular complexity index is 809. The average Bonchev–Trinajstić information content (AvgIpc) is 2.91. The molecule has 0 unspecified atom stereocenters. The van der Waals surface area contributed by atoms with Crippen LogP contribution in [0.3, 0.4) is 0 Å². The number of thioether (sulfide) groups is 1. The van der Waals surface area contributed by atoms with Crippen molar-refractivity contribution in [1.82, 2.24) is 9.55 Å². The Kier molecular flexibility index (Phi) is 5.11. The Morgan fingerprint density at radius 2 is 2.09 bits per heavy atom. The lowest BCUT2D eigenvalue weighted by Gasteiger charge is -2.20. The second-order valence-electron chi connectivity index (χ2n) is 5.18. The second-order valence-corrected chi connectivity index (χ2v) is 7.39. The highest BCUT2D eigenvalue weighted by molar-refractivity contribution is 7.98. The van der Waals surface area contributed by atoms with Gasteiger partial charge in [0.2, 0.25) is 5.82 Å². The normalized spacial score (nSPS) is 13.5. The molecule has 0 bridgehead atoms. The largest absolute Gasteiger partial charge is 0.320 e. The lowest BCUT2D eigenvalue weighted by Crippen LogP contribution is -2.30. The van der Waals surface area contributed by atoms with Crippen molar-refractivity contribution in [3.63, 3.8) is 0 Å². The number of aromatic nitrogens is 2. The van der Waals surface area contributed by atoms with Crippen LogP contribution >= 0.6 is 46.6 Å². The minimum atomic E-state index is -0.165. The van der Waals surface area contributed by atoms with Crippen molar-refractivity contribution in [1.29, 1.82) is 0 Å². The van der Waals surface area contributed by atoms with Crippen molar-refractivity contribution < 1.29 is 0 Å². The van der Waals surface area contributed by atoms with Gasteiger partial charge in [-0.25, -0.2) is 4.98 Å². The van der Waals surface area contributed by atoms with Crippen LogP contribution in [0.25, 0.3) is 0 Å². The maximum Gasteiger partial charge on any atom is 0.293 e. The van der Waals surface area contributed by atoms with Crippen molar-refractivity contribution in [2.45, 2.75) is 13.0 Å². The maximum atomic E-state index is 12.7. The number of aryl methyl sites for hydroxylation is 1. The van der Waals surface area contributed by atoms with Gasteiger partial charge in [0.1, 0.15) is 5.15 Å². The van der Waals surface area contributed by atoms with Crippen LogP contribution in [0.1, 0.15) is 5.56 Å². The summed E-state index contributed by atoms with van der Waals surface area (Å²) in [4.78, 5) is 18.8. The summed E-state index contributed by atoms with van der Waals surface area (Å²) in [5.41, 5.74) is 1.64. The maximum absolute atomic E-state index is 12.7. The summed E-state index contributed by atoms with van der Waals surface area (Å²) in [6.45, 7) is 1.21. The number of fused-ring (bicyclic) bond motifs is 1.